The summed E-state index contributed by atoms with van der Waals surface area (Å²) in [5.41, 5.74) is 7.69. The largest absolute Gasteiger partial charge is 0.383 e. The summed E-state index contributed by atoms with van der Waals surface area (Å²) in [6.45, 7) is 1.72. The van der Waals surface area contributed by atoms with E-state index in [1.54, 1.807) is 13.0 Å². The number of nitrogens with zero attached hydrogens (tertiary/aromatic N) is 2. The Morgan fingerprint density at radius 1 is 1.31 bits per heavy atom. The summed E-state index contributed by atoms with van der Waals surface area (Å²) in [6, 6.07) is 3.20. The molecule has 0 amide bonds. The number of nitrogen functional groups attached to an aromatic ring is 1. The van der Waals surface area contributed by atoms with Crippen molar-refractivity contribution in [3.8, 4) is 0 Å². The van der Waals surface area contributed by atoms with Crippen LogP contribution in [-0.4, -0.2) is 15.0 Å². The highest BCUT2D eigenvalue weighted by molar-refractivity contribution is 6.10. The predicted octanol–water partition coefficient (Wildman–Crippen LogP) is 2.14. The van der Waals surface area contributed by atoms with E-state index in [1.165, 1.54) is 12.4 Å². The van der Waals surface area contributed by atoms with Crippen molar-refractivity contribution >= 4 is 27.8 Å². The molecule has 3 rings (SSSR count). The summed E-state index contributed by atoms with van der Waals surface area (Å²) in [4.78, 5) is 11.0. The highest BCUT2D eigenvalue weighted by Gasteiger charge is 2.10. The van der Waals surface area contributed by atoms with Crippen molar-refractivity contribution in [2.24, 2.45) is 0 Å². The van der Waals surface area contributed by atoms with Crippen LogP contribution in [0.15, 0.2) is 18.5 Å². The first-order valence-electron chi connectivity index (χ1n) is 4.85. The number of H-pyrrole nitrogens is 1. The molecule has 0 saturated heterocycles. The van der Waals surface area contributed by atoms with Crippen LogP contribution in [0, 0.1) is 12.7 Å². The van der Waals surface area contributed by atoms with Gasteiger partial charge in [0.05, 0.1) is 10.9 Å². The summed E-state index contributed by atoms with van der Waals surface area (Å²) in [5, 5.41) is 1.60. The lowest BCUT2D eigenvalue weighted by Gasteiger charge is -1.97. The van der Waals surface area contributed by atoms with E-state index in [1.807, 2.05) is 0 Å². The SMILES string of the molecule is Cc1cc2c(cc1F)[nH]c1ncnc(N)c12. The van der Waals surface area contributed by atoms with E-state index < -0.39 is 0 Å². The molecule has 0 radical (unpaired) electrons. The number of hydrogen-bond donors (Lipinski definition) is 2. The Kier molecular flexibility index (Phi) is 1.65. The van der Waals surface area contributed by atoms with Crippen molar-refractivity contribution < 1.29 is 4.39 Å². The molecule has 0 atom stereocenters. The number of halogens is 1. The Balaban J connectivity index is 2.58. The van der Waals surface area contributed by atoms with Crippen LogP contribution in [0.5, 0.6) is 0 Å². The molecule has 0 bridgehead atoms. The van der Waals surface area contributed by atoms with Crippen LogP contribution in [0.25, 0.3) is 21.9 Å². The van der Waals surface area contributed by atoms with Crippen LogP contribution < -0.4 is 5.73 Å². The fraction of sp³-hybridized carbons (Fsp3) is 0.0909. The van der Waals surface area contributed by atoms with E-state index in [0.717, 1.165) is 10.8 Å². The lowest BCUT2D eigenvalue weighted by Crippen LogP contribution is -1.91. The molecule has 3 N–H and O–H groups in total. The molecule has 0 fully saturated rings. The number of aryl methyl sites for hydroxylation is 1. The second-order valence-corrected chi connectivity index (χ2v) is 3.75. The van der Waals surface area contributed by atoms with Crippen LogP contribution in [-0.2, 0) is 0 Å². The monoisotopic (exact) mass is 216 g/mol. The van der Waals surface area contributed by atoms with Gasteiger partial charge in [-0.2, -0.15) is 0 Å². The molecule has 0 aliphatic carbocycles. The first-order chi connectivity index (χ1) is 7.66. The van der Waals surface area contributed by atoms with Gasteiger partial charge in [0.15, 0.2) is 0 Å². The van der Waals surface area contributed by atoms with Gasteiger partial charge in [0.25, 0.3) is 0 Å². The molecule has 0 spiro atoms. The smallest absolute Gasteiger partial charge is 0.143 e. The van der Waals surface area contributed by atoms with Gasteiger partial charge in [0.1, 0.15) is 23.6 Å². The Morgan fingerprint density at radius 3 is 2.94 bits per heavy atom. The maximum Gasteiger partial charge on any atom is 0.143 e. The summed E-state index contributed by atoms with van der Waals surface area (Å²) >= 11 is 0. The quantitative estimate of drug-likeness (QED) is 0.605. The van der Waals surface area contributed by atoms with Gasteiger partial charge in [-0.3, -0.25) is 0 Å². The van der Waals surface area contributed by atoms with Gasteiger partial charge in [-0.05, 0) is 24.6 Å². The summed E-state index contributed by atoms with van der Waals surface area (Å²) in [6.07, 6.45) is 1.39. The van der Waals surface area contributed by atoms with Crippen molar-refractivity contribution in [2.75, 3.05) is 5.73 Å². The fourth-order valence-electron chi connectivity index (χ4n) is 1.88. The van der Waals surface area contributed by atoms with E-state index in [4.69, 9.17) is 5.73 Å². The zero-order chi connectivity index (χ0) is 11.3. The van der Waals surface area contributed by atoms with Gasteiger partial charge in [0, 0.05) is 5.39 Å². The number of anilines is 1. The van der Waals surface area contributed by atoms with E-state index in [-0.39, 0.29) is 5.82 Å². The Labute approximate surface area is 90.3 Å². The topological polar surface area (TPSA) is 67.6 Å². The minimum atomic E-state index is -0.245. The third-order valence-electron chi connectivity index (χ3n) is 2.70. The van der Waals surface area contributed by atoms with Gasteiger partial charge in [0.2, 0.25) is 0 Å². The standard InChI is InChI=1S/C11H9FN4/c1-5-2-6-8(3-7(5)12)16-11-9(6)10(13)14-4-15-11/h2-4H,1H3,(H3,13,14,15,16). The molecule has 80 valence electrons. The first-order valence-corrected chi connectivity index (χ1v) is 4.85. The molecule has 2 heterocycles. The molecule has 16 heavy (non-hydrogen) atoms. The molecule has 0 aliphatic heterocycles. The highest BCUT2D eigenvalue weighted by atomic mass is 19.1. The number of rotatable bonds is 0. The average Bonchev–Trinajstić information content (AvgIpc) is 2.58. The average molecular weight is 216 g/mol. The minimum absolute atomic E-state index is 0.245. The predicted molar refractivity (Wildman–Crippen MR) is 60.5 cm³/mol. The number of aromatic nitrogens is 3. The summed E-state index contributed by atoms with van der Waals surface area (Å²) in [5.74, 6) is 0.160. The van der Waals surface area contributed by atoms with Gasteiger partial charge in [-0.1, -0.05) is 0 Å². The normalized spacial score (nSPS) is 11.4. The summed E-state index contributed by atoms with van der Waals surface area (Å²) < 4.78 is 13.4. The van der Waals surface area contributed by atoms with Crippen LogP contribution >= 0.6 is 0 Å². The van der Waals surface area contributed by atoms with Crippen LogP contribution in [0.3, 0.4) is 0 Å². The Morgan fingerprint density at radius 2 is 2.12 bits per heavy atom. The second kappa shape index (κ2) is 2.91. The van der Waals surface area contributed by atoms with Crippen LogP contribution in [0.2, 0.25) is 0 Å². The third-order valence-corrected chi connectivity index (χ3v) is 2.70. The molecular formula is C11H9FN4. The molecule has 0 saturated carbocycles. The van der Waals surface area contributed by atoms with Gasteiger partial charge >= 0.3 is 0 Å². The minimum Gasteiger partial charge on any atom is -0.383 e. The van der Waals surface area contributed by atoms with E-state index in [2.05, 4.69) is 15.0 Å². The number of fused-ring (bicyclic) bond motifs is 3. The number of aromatic amines is 1. The second-order valence-electron chi connectivity index (χ2n) is 3.75. The zero-order valence-electron chi connectivity index (χ0n) is 8.58. The maximum atomic E-state index is 13.4. The van der Waals surface area contributed by atoms with Crippen molar-refractivity contribution in [3.63, 3.8) is 0 Å². The molecule has 0 unspecified atom stereocenters. The van der Waals surface area contributed by atoms with Crippen LogP contribution in [0.4, 0.5) is 10.2 Å². The number of hydrogen-bond acceptors (Lipinski definition) is 3. The summed E-state index contributed by atoms with van der Waals surface area (Å²) in [7, 11) is 0. The molecule has 5 heteroatoms. The van der Waals surface area contributed by atoms with Gasteiger partial charge in [-0.25, -0.2) is 14.4 Å². The van der Waals surface area contributed by atoms with Crippen molar-refractivity contribution in [3.05, 3.63) is 29.8 Å². The van der Waals surface area contributed by atoms with Crippen molar-refractivity contribution in [1.82, 2.24) is 15.0 Å². The molecule has 0 aliphatic rings. The van der Waals surface area contributed by atoms with Gasteiger partial charge in [-0.15, -0.1) is 0 Å². The Hall–Kier alpha value is -2.17. The molecule has 4 nitrogen and oxygen atoms in total. The lowest BCUT2D eigenvalue weighted by molar-refractivity contribution is 0.620. The number of nitrogens with two attached hydrogens (primary N) is 1. The number of benzene rings is 1. The fourth-order valence-corrected chi connectivity index (χ4v) is 1.88. The molecular weight excluding hydrogens is 207 g/mol. The van der Waals surface area contributed by atoms with E-state index in [0.29, 0.717) is 22.5 Å². The molecule has 3 aromatic rings. The molecule has 2 aromatic heterocycles. The maximum absolute atomic E-state index is 13.4. The van der Waals surface area contributed by atoms with Crippen molar-refractivity contribution in [1.29, 1.82) is 0 Å². The van der Waals surface area contributed by atoms with E-state index in [9.17, 15) is 4.39 Å². The Bertz CT molecular complexity index is 702. The van der Waals surface area contributed by atoms with E-state index >= 15 is 0 Å². The van der Waals surface area contributed by atoms with Crippen LogP contribution in [0.1, 0.15) is 5.56 Å². The highest BCUT2D eigenvalue weighted by Crippen LogP contribution is 2.28. The zero-order valence-corrected chi connectivity index (χ0v) is 8.58. The lowest BCUT2D eigenvalue weighted by atomic mass is 10.1. The van der Waals surface area contributed by atoms with Crippen molar-refractivity contribution in [2.45, 2.75) is 6.92 Å². The number of nitrogens with one attached hydrogen (secondary N) is 1. The van der Waals surface area contributed by atoms with Gasteiger partial charge < -0.3 is 10.7 Å². The first kappa shape index (κ1) is 9.08. The molecule has 1 aromatic carbocycles. The third kappa shape index (κ3) is 1.08.